The molecule has 0 fully saturated rings. The van der Waals surface area contributed by atoms with Gasteiger partial charge in [-0.15, -0.1) is 0 Å². The normalized spacial score (nSPS) is 18.4. The van der Waals surface area contributed by atoms with Gasteiger partial charge in [-0.05, 0) is 50.1 Å². The highest BCUT2D eigenvalue weighted by molar-refractivity contribution is 6.32. The van der Waals surface area contributed by atoms with E-state index in [2.05, 4.69) is 17.5 Å². The van der Waals surface area contributed by atoms with Crippen LogP contribution in [0.1, 0.15) is 24.8 Å². The van der Waals surface area contributed by atoms with E-state index in [1.54, 1.807) is 7.11 Å². The minimum Gasteiger partial charge on any atom is -0.493 e. The molecule has 1 N–H and O–H groups in total. The summed E-state index contributed by atoms with van der Waals surface area (Å²) in [4.78, 5) is 0. The van der Waals surface area contributed by atoms with Crippen molar-refractivity contribution in [3.8, 4) is 11.5 Å². The van der Waals surface area contributed by atoms with Gasteiger partial charge in [0.05, 0.1) is 12.1 Å². The van der Waals surface area contributed by atoms with Crippen molar-refractivity contribution in [3.63, 3.8) is 0 Å². The molecule has 0 aromatic heterocycles. The predicted molar refractivity (Wildman–Crippen MR) is 78.2 cm³/mol. The zero-order valence-electron chi connectivity index (χ0n) is 11.4. The molecule has 1 aliphatic rings. The standard InChI is InChI=1S/C15H20ClNO2/c1-17-10-11-8-13(16)15(14(9-11)18-2)19-12-6-4-3-5-7-12/h4,6,8-9,12,17H,3,5,7,10H2,1-2H3. The van der Waals surface area contributed by atoms with Crippen LogP contribution in [-0.4, -0.2) is 20.3 Å². The Kier molecular flexibility index (Phi) is 5.11. The molecule has 1 aliphatic carbocycles. The van der Waals surface area contributed by atoms with Gasteiger partial charge in [0.1, 0.15) is 6.10 Å². The Bertz CT molecular complexity index is 460. The van der Waals surface area contributed by atoms with E-state index in [4.69, 9.17) is 21.1 Å². The number of nitrogens with one attached hydrogen (secondary N) is 1. The summed E-state index contributed by atoms with van der Waals surface area (Å²) < 4.78 is 11.4. The van der Waals surface area contributed by atoms with Crippen molar-refractivity contribution in [2.45, 2.75) is 31.9 Å². The fraction of sp³-hybridized carbons (Fsp3) is 0.467. The van der Waals surface area contributed by atoms with Gasteiger partial charge in [0.2, 0.25) is 0 Å². The van der Waals surface area contributed by atoms with Crippen molar-refractivity contribution in [1.82, 2.24) is 5.32 Å². The molecule has 0 heterocycles. The summed E-state index contributed by atoms with van der Waals surface area (Å²) in [7, 11) is 3.54. The van der Waals surface area contributed by atoms with Crippen molar-refractivity contribution < 1.29 is 9.47 Å². The van der Waals surface area contributed by atoms with Crippen molar-refractivity contribution in [3.05, 3.63) is 34.9 Å². The molecule has 1 aromatic rings. The van der Waals surface area contributed by atoms with E-state index in [9.17, 15) is 0 Å². The number of halogens is 1. The second-order valence-electron chi connectivity index (χ2n) is 4.65. The molecule has 0 spiro atoms. The summed E-state index contributed by atoms with van der Waals surface area (Å²) in [5.74, 6) is 1.33. The lowest BCUT2D eigenvalue weighted by Crippen LogP contribution is -2.16. The zero-order valence-corrected chi connectivity index (χ0v) is 12.2. The van der Waals surface area contributed by atoms with Crippen molar-refractivity contribution >= 4 is 11.6 Å². The maximum Gasteiger partial charge on any atom is 0.180 e. The average molecular weight is 282 g/mol. The predicted octanol–water partition coefficient (Wildman–Crippen LogP) is 3.56. The summed E-state index contributed by atoms with van der Waals surface area (Å²) in [6.45, 7) is 0.750. The van der Waals surface area contributed by atoms with Crippen molar-refractivity contribution in [2.24, 2.45) is 0 Å². The first-order valence-corrected chi connectivity index (χ1v) is 6.96. The molecule has 3 nitrogen and oxygen atoms in total. The summed E-state index contributed by atoms with van der Waals surface area (Å²) in [6, 6.07) is 3.88. The van der Waals surface area contributed by atoms with Gasteiger partial charge in [0.15, 0.2) is 11.5 Å². The Labute approximate surface area is 119 Å². The van der Waals surface area contributed by atoms with Gasteiger partial charge in [-0.3, -0.25) is 0 Å². The Morgan fingerprint density at radius 1 is 1.42 bits per heavy atom. The third-order valence-corrected chi connectivity index (χ3v) is 3.43. The van der Waals surface area contributed by atoms with Crippen LogP contribution in [0.2, 0.25) is 5.02 Å². The first kappa shape index (κ1) is 14.2. The summed E-state index contributed by atoms with van der Waals surface area (Å²) in [6.07, 6.45) is 7.65. The van der Waals surface area contributed by atoms with Gasteiger partial charge in [-0.25, -0.2) is 0 Å². The van der Waals surface area contributed by atoms with Gasteiger partial charge in [-0.2, -0.15) is 0 Å². The van der Waals surface area contributed by atoms with Crippen LogP contribution in [0, 0.1) is 0 Å². The van der Waals surface area contributed by atoms with Crippen LogP contribution in [0.15, 0.2) is 24.3 Å². The number of ether oxygens (including phenoxy) is 2. The molecule has 1 atom stereocenters. The first-order chi connectivity index (χ1) is 9.24. The molecule has 0 amide bonds. The van der Waals surface area contributed by atoms with E-state index in [1.807, 2.05) is 19.2 Å². The van der Waals surface area contributed by atoms with Crippen molar-refractivity contribution in [1.29, 1.82) is 0 Å². The maximum absolute atomic E-state index is 6.31. The van der Waals surface area contributed by atoms with E-state index < -0.39 is 0 Å². The van der Waals surface area contributed by atoms with Crippen LogP contribution in [0.25, 0.3) is 0 Å². The molecule has 104 valence electrons. The first-order valence-electron chi connectivity index (χ1n) is 6.59. The number of rotatable bonds is 5. The summed E-state index contributed by atoms with van der Waals surface area (Å²) >= 11 is 6.31. The molecule has 0 saturated heterocycles. The second-order valence-corrected chi connectivity index (χ2v) is 5.06. The van der Waals surface area contributed by atoms with E-state index in [1.165, 1.54) is 0 Å². The number of allylic oxidation sites excluding steroid dienone is 1. The van der Waals surface area contributed by atoms with E-state index >= 15 is 0 Å². The molecular formula is C15H20ClNO2. The van der Waals surface area contributed by atoms with E-state index in [-0.39, 0.29) is 6.10 Å². The lowest BCUT2D eigenvalue weighted by Gasteiger charge is -2.21. The minimum absolute atomic E-state index is 0.0929. The number of hydrogen-bond acceptors (Lipinski definition) is 3. The largest absolute Gasteiger partial charge is 0.493 e. The molecule has 0 bridgehead atoms. The molecule has 0 radical (unpaired) electrons. The Morgan fingerprint density at radius 2 is 2.26 bits per heavy atom. The zero-order chi connectivity index (χ0) is 13.7. The summed E-state index contributed by atoms with van der Waals surface area (Å²) in [5.41, 5.74) is 1.08. The summed E-state index contributed by atoms with van der Waals surface area (Å²) in [5, 5.41) is 3.70. The Hall–Kier alpha value is -1.19. The van der Waals surface area contributed by atoms with Crippen LogP contribution in [-0.2, 0) is 6.54 Å². The molecular weight excluding hydrogens is 262 g/mol. The highest BCUT2D eigenvalue weighted by atomic mass is 35.5. The lowest BCUT2D eigenvalue weighted by atomic mass is 10.1. The van der Waals surface area contributed by atoms with Gasteiger partial charge in [0.25, 0.3) is 0 Å². The topological polar surface area (TPSA) is 30.5 Å². The minimum atomic E-state index is 0.0929. The Balaban J connectivity index is 2.22. The molecule has 19 heavy (non-hydrogen) atoms. The lowest BCUT2D eigenvalue weighted by molar-refractivity contribution is 0.219. The van der Waals surface area contributed by atoms with Crippen LogP contribution in [0.5, 0.6) is 11.5 Å². The Morgan fingerprint density at radius 3 is 2.89 bits per heavy atom. The van der Waals surface area contributed by atoms with E-state index in [0.717, 1.165) is 31.4 Å². The quantitative estimate of drug-likeness (QED) is 0.837. The van der Waals surface area contributed by atoms with Gasteiger partial charge < -0.3 is 14.8 Å². The van der Waals surface area contributed by atoms with Gasteiger partial charge in [0, 0.05) is 6.54 Å². The SMILES string of the molecule is CNCc1cc(Cl)c(OC2C=CCCC2)c(OC)c1. The number of benzene rings is 1. The van der Waals surface area contributed by atoms with Crippen LogP contribution < -0.4 is 14.8 Å². The monoisotopic (exact) mass is 281 g/mol. The molecule has 2 rings (SSSR count). The molecule has 1 unspecified atom stereocenters. The molecule has 1 aromatic carbocycles. The van der Waals surface area contributed by atoms with Gasteiger partial charge in [-0.1, -0.05) is 17.7 Å². The smallest absolute Gasteiger partial charge is 0.180 e. The second kappa shape index (κ2) is 6.83. The average Bonchev–Trinajstić information content (AvgIpc) is 2.43. The highest BCUT2D eigenvalue weighted by Crippen LogP contribution is 2.38. The molecule has 0 saturated carbocycles. The maximum atomic E-state index is 6.31. The molecule has 0 aliphatic heterocycles. The van der Waals surface area contributed by atoms with Crippen LogP contribution in [0.4, 0.5) is 0 Å². The number of methoxy groups -OCH3 is 1. The van der Waals surface area contributed by atoms with Crippen LogP contribution >= 0.6 is 11.6 Å². The highest BCUT2D eigenvalue weighted by Gasteiger charge is 2.17. The third-order valence-electron chi connectivity index (χ3n) is 3.15. The fourth-order valence-electron chi connectivity index (χ4n) is 2.22. The molecule has 4 heteroatoms. The fourth-order valence-corrected chi connectivity index (χ4v) is 2.50. The van der Waals surface area contributed by atoms with E-state index in [0.29, 0.717) is 16.5 Å². The third kappa shape index (κ3) is 3.64. The van der Waals surface area contributed by atoms with Gasteiger partial charge >= 0.3 is 0 Å². The van der Waals surface area contributed by atoms with Crippen molar-refractivity contribution in [2.75, 3.05) is 14.2 Å². The number of hydrogen-bond donors (Lipinski definition) is 1. The van der Waals surface area contributed by atoms with Crippen LogP contribution in [0.3, 0.4) is 0 Å².